The van der Waals surface area contributed by atoms with Gasteiger partial charge < -0.3 is 15.7 Å². The van der Waals surface area contributed by atoms with Crippen LogP contribution in [0.25, 0.3) is 0 Å². The van der Waals surface area contributed by atoms with Crippen molar-refractivity contribution in [3.63, 3.8) is 0 Å². The number of halogens is 2. The smallest absolute Gasteiger partial charge is 0.319 e. The predicted molar refractivity (Wildman–Crippen MR) is 69.3 cm³/mol. The Hall–Kier alpha value is -1.33. The maximum atomic E-state index is 13.3. The number of benzene rings is 1. The first-order valence-electron chi connectivity index (χ1n) is 5.63. The van der Waals surface area contributed by atoms with Crippen LogP contribution in [0.3, 0.4) is 0 Å². The number of carbonyl (C=O) groups is 1. The second kappa shape index (κ2) is 7.18. The number of rotatable bonds is 5. The second-order valence-electron chi connectivity index (χ2n) is 4.08. The zero-order valence-corrected chi connectivity index (χ0v) is 10.8. The summed E-state index contributed by atoms with van der Waals surface area (Å²) in [4.78, 5) is 11.5. The van der Waals surface area contributed by atoms with Crippen molar-refractivity contribution in [2.45, 2.75) is 13.3 Å². The summed E-state index contributed by atoms with van der Waals surface area (Å²) < 4.78 is 13.3. The lowest BCUT2D eigenvalue weighted by Gasteiger charge is -2.12. The highest BCUT2D eigenvalue weighted by atomic mass is 35.5. The van der Waals surface area contributed by atoms with E-state index in [4.69, 9.17) is 16.7 Å². The Balaban J connectivity index is 2.47. The number of carbonyl (C=O) groups excluding carboxylic acids is 1. The largest absolute Gasteiger partial charge is 0.396 e. The van der Waals surface area contributed by atoms with Crippen molar-refractivity contribution in [1.29, 1.82) is 0 Å². The normalized spacial score (nSPS) is 12.0. The predicted octanol–water partition coefficient (Wildman–Crippen LogP) is 2.62. The van der Waals surface area contributed by atoms with E-state index >= 15 is 0 Å². The number of aliphatic hydroxyl groups excluding tert-OH is 1. The van der Waals surface area contributed by atoms with Gasteiger partial charge in [0.2, 0.25) is 0 Å². The molecule has 1 rings (SSSR count). The minimum Gasteiger partial charge on any atom is -0.396 e. The third-order valence-corrected chi connectivity index (χ3v) is 2.64. The molecule has 6 heteroatoms. The highest BCUT2D eigenvalue weighted by Crippen LogP contribution is 2.19. The van der Waals surface area contributed by atoms with Gasteiger partial charge in [0.1, 0.15) is 5.82 Å². The summed E-state index contributed by atoms with van der Waals surface area (Å²) in [5.74, 6) is -0.386. The van der Waals surface area contributed by atoms with Gasteiger partial charge in [-0.25, -0.2) is 9.18 Å². The van der Waals surface area contributed by atoms with E-state index in [-0.39, 0.29) is 18.2 Å². The molecule has 0 aromatic heterocycles. The highest BCUT2D eigenvalue weighted by molar-refractivity contribution is 6.30. The zero-order chi connectivity index (χ0) is 13.5. The van der Waals surface area contributed by atoms with Crippen LogP contribution >= 0.6 is 11.6 Å². The summed E-state index contributed by atoms with van der Waals surface area (Å²) in [5, 5.41) is 14.0. The van der Waals surface area contributed by atoms with Crippen LogP contribution in [0.5, 0.6) is 0 Å². The Morgan fingerprint density at radius 2 is 2.28 bits per heavy atom. The third-order valence-electron chi connectivity index (χ3n) is 2.41. The molecular weight excluding hydrogens is 259 g/mol. The zero-order valence-electron chi connectivity index (χ0n) is 10.0. The Labute approximate surface area is 110 Å². The molecule has 0 heterocycles. The average molecular weight is 275 g/mol. The summed E-state index contributed by atoms with van der Waals surface area (Å²) >= 11 is 5.70. The molecule has 1 atom stereocenters. The summed E-state index contributed by atoms with van der Waals surface area (Å²) in [7, 11) is 0. The van der Waals surface area contributed by atoms with Crippen LogP contribution in [-0.4, -0.2) is 24.3 Å². The molecular formula is C12H16ClFN2O2. The fraction of sp³-hybridized carbons (Fsp3) is 0.417. The minimum absolute atomic E-state index is 0.0369. The molecule has 4 nitrogen and oxygen atoms in total. The summed E-state index contributed by atoms with van der Waals surface area (Å²) in [5.41, 5.74) is 0.0369. The third kappa shape index (κ3) is 4.89. The number of amides is 2. The summed E-state index contributed by atoms with van der Waals surface area (Å²) in [6.45, 7) is 2.39. The van der Waals surface area contributed by atoms with Crippen molar-refractivity contribution < 1.29 is 14.3 Å². The van der Waals surface area contributed by atoms with E-state index in [1.165, 1.54) is 18.2 Å². The van der Waals surface area contributed by atoms with Crippen molar-refractivity contribution in [1.82, 2.24) is 5.32 Å². The highest BCUT2D eigenvalue weighted by Gasteiger charge is 2.08. The molecule has 0 spiro atoms. The quantitative estimate of drug-likeness (QED) is 0.773. The van der Waals surface area contributed by atoms with Crippen molar-refractivity contribution in [3.05, 3.63) is 29.0 Å². The van der Waals surface area contributed by atoms with Gasteiger partial charge in [-0.3, -0.25) is 0 Å². The number of hydrogen-bond acceptors (Lipinski definition) is 2. The monoisotopic (exact) mass is 274 g/mol. The van der Waals surface area contributed by atoms with Crippen LogP contribution in [0.1, 0.15) is 13.3 Å². The molecule has 3 N–H and O–H groups in total. The lowest BCUT2D eigenvalue weighted by Crippen LogP contribution is -2.32. The summed E-state index contributed by atoms with van der Waals surface area (Å²) in [6, 6.07) is 3.43. The fourth-order valence-electron chi connectivity index (χ4n) is 1.35. The first-order valence-corrected chi connectivity index (χ1v) is 6.01. The first-order chi connectivity index (χ1) is 8.52. The topological polar surface area (TPSA) is 61.4 Å². The average Bonchev–Trinajstić information content (AvgIpc) is 2.32. The van der Waals surface area contributed by atoms with Crippen LogP contribution in [-0.2, 0) is 0 Å². The Morgan fingerprint density at radius 1 is 1.56 bits per heavy atom. The Kier molecular flexibility index (Phi) is 5.88. The molecule has 0 bridgehead atoms. The molecule has 0 aliphatic heterocycles. The molecule has 2 amide bonds. The number of nitrogens with one attached hydrogen (secondary N) is 2. The molecule has 0 aliphatic carbocycles. The molecule has 0 saturated heterocycles. The van der Waals surface area contributed by atoms with Gasteiger partial charge in [0, 0.05) is 18.2 Å². The maximum Gasteiger partial charge on any atom is 0.319 e. The molecule has 1 unspecified atom stereocenters. The molecule has 1 aromatic carbocycles. The van der Waals surface area contributed by atoms with E-state index in [9.17, 15) is 9.18 Å². The van der Waals surface area contributed by atoms with Crippen molar-refractivity contribution in [2.24, 2.45) is 5.92 Å². The van der Waals surface area contributed by atoms with Gasteiger partial charge in [0.25, 0.3) is 0 Å². The molecule has 0 saturated carbocycles. The van der Waals surface area contributed by atoms with Gasteiger partial charge in [-0.15, -0.1) is 0 Å². The first kappa shape index (κ1) is 14.7. The molecule has 0 aliphatic rings. The Bertz CT molecular complexity index is 415. The van der Waals surface area contributed by atoms with Gasteiger partial charge in [0.15, 0.2) is 0 Å². The van der Waals surface area contributed by atoms with Gasteiger partial charge in [-0.2, -0.15) is 0 Å². The number of urea groups is 1. The van der Waals surface area contributed by atoms with Gasteiger partial charge in [-0.05, 0) is 30.5 Å². The number of aliphatic hydroxyl groups is 1. The van der Waals surface area contributed by atoms with Crippen molar-refractivity contribution in [3.8, 4) is 0 Å². The number of hydrogen-bond donors (Lipinski definition) is 3. The van der Waals surface area contributed by atoms with Crippen LogP contribution < -0.4 is 10.6 Å². The molecule has 1 aromatic rings. The standard InChI is InChI=1S/C12H16ClFN2O2/c1-8(4-5-17)7-15-12(18)16-11-6-9(13)2-3-10(11)14/h2-3,6,8,17H,4-5,7H2,1H3,(H2,15,16,18). The van der Waals surface area contributed by atoms with E-state index in [0.717, 1.165) is 0 Å². The van der Waals surface area contributed by atoms with Gasteiger partial charge >= 0.3 is 6.03 Å². The van der Waals surface area contributed by atoms with Crippen molar-refractivity contribution in [2.75, 3.05) is 18.5 Å². The second-order valence-corrected chi connectivity index (χ2v) is 4.51. The van der Waals surface area contributed by atoms with E-state index in [1.54, 1.807) is 0 Å². The molecule has 100 valence electrons. The minimum atomic E-state index is -0.544. The van der Waals surface area contributed by atoms with Crippen LogP contribution in [0.4, 0.5) is 14.9 Å². The van der Waals surface area contributed by atoms with Gasteiger partial charge in [-0.1, -0.05) is 18.5 Å². The van der Waals surface area contributed by atoms with Crippen molar-refractivity contribution >= 4 is 23.3 Å². The Morgan fingerprint density at radius 3 is 2.94 bits per heavy atom. The maximum absolute atomic E-state index is 13.3. The van der Waals surface area contributed by atoms with Crippen LogP contribution in [0, 0.1) is 11.7 Å². The SMILES string of the molecule is CC(CCO)CNC(=O)Nc1cc(Cl)ccc1F. The van der Waals surface area contributed by atoms with Gasteiger partial charge in [0.05, 0.1) is 5.69 Å². The fourth-order valence-corrected chi connectivity index (χ4v) is 1.52. The van der Waals surface area contributed by atoms with Crippen LogP contribution in [0.15, 0.2) is 18.2 Å². The number of anilines is 1. The lowest BCUT2D eigenvalue weighted by atomic mass is 10.1. The molecule has 0 radical (unpaired) electrons. The molecule has 18 heavy (non-hydrogen) atoms. The van der Waals surface area contributed by atoms with E-state index in [0.29, 0.717) is 18.0 Å². The van der Waals surface area contributed by atoms with Crippen LogP contribution in [0.2, 0.25) is 5.02 Å². The van der Waals surface area contributed by atoms with E-state index in [2.05, 4.69) is 10.6 Å². The van der Waals surface area contributed by atoms with E-state index in [1.807, 2.05) is 6.92 Å². The summed E-state index contributed by atoms with van der Waals surface area (Å²) in [6.07, 6.45) is 0.603. The molecule has 0 fully saturated rings. The van der Waals surface area contributed by atoms with E-state index < -0.39 is 11.8 Å². The lowest BCUT2D eigenvalue weighted by molar-refractivity contribution is 0.243.